The number of hydrogen-bond donors (Lipinski definition) is 0. The summed E-state index contributed by atoms with van der Waals surface area (Å²) in [6.45, 7) is 4.23. The zero-order valence-electron chi connectivity index (χ0n) is 10.2. The van der Waals surface area contributed by atoms with Crippen LogP contribution in [0.2, 0.25) is 0 Å². The molecule has 0 aromatic heterocycles. The fourth-order valence-electron chi connectivity index (χ4n) is 1.19. The largest absolute Gasteiger partial charge is 0.469 e. The van der Waals surface area contributed by atoms with E-state index in [9.17, 15) is 9.59 Å². The van der Waals surface area contributed by atoms with Crippen LogP contribution in [0.4, 0.5) is 0 Å². The van der Waals surface area contributed by atoms with Gasteiger partial charge in [-0.2, -0.15) is 0 Å². The van der Waals surface area contributed by atoms with Gasteiger partial charge in [-0.25, -0.2) is 0 Å². The number of methoxy groups -OCH3 is 1. The van der Waals surface area contributed by atoms with E-state index in [0.717, 1.165) is 19.1 Å². The summed E-state index contributed by atoms with van der Waals surface area (Å²) >= 11 is 0. The Morgan fingerprint density at radius 1 is 1.19 bits per heavy atom. The van der Waals surface area contributed by atoms with Gasteiger partial charge in [-0.1, -0.05) is 32.1 Å². The second-order valence-corrected chi connectivity index (χ2v) is 4.39. The SMILES string of the molecule is COC(=O)C/C=C/CC(C)(C)C/C=C/C=O. The molecule has 0 rings (SSSR count). The topological polar surface area (TPSA) is 43.4 Å². The molecule has 0 aliphatic rings. The predicted molar refractivity (Wildman–Crippen MR) is 64.0 cm³/mol. The van der Waals surface area contributed by atoms with Crippen LogP contribution >= 0.6 is 0 Å². The molecule has 0 bridgehead atoms. The minimum Gasteiger partial charge on any atom is -0.469 e. The number of carbonyl (C=O) groups is 2. The van der Waals surface area contributed by atoms with Crippen LogP contribution < -0.4 is 0 Å². The van der Waals surface area contributed by atoms with Crippen molar-refractivity contribution in [1.29, 1.82) is 0 Å². The van der Waals surface area contributed by atoms with E-state index in [2.05, 4.69) is 18.6 Å². The normalized spacial score (nSPS) is 12.2. The van der Waals surface area contributed by atoms with Gasteiger partial charge in [-0.3, -0.25) is 9.59 Å². The number of rotatable bonds is 7. The number of hydrogen-bond acceptors (Lipinski definition) is 3. The van der Waals surface area contributed by atoms with E-state index >= 15 is 0 Å². The first-order chi connectivity index (χ1) is 7.52. The van der Waals surface area contributed by atoms with Gasteiger partial charge in [-0.15, -0.1) is 0 Å². The Bertz CT molecular complexity index is 275. The average molecular weight is 224 g/mol. The van der Waals surface area contributed by atoms with E-state index in [1.165, 1.54) is 13.2 Å². The van der Waals surface area contributed by atoms with E-state index in [1.54, 1.807) is 0 Å². The smallest absolute Gasteiger partial charge is 0.309 e. The van der Waals surface area contributed by atoms with E-state index in [4.69, 9.17) is 0 Å². The Morgan fingerprint density at radius 2 is 1.81 bits per heavy atom. The first-order valence-electron chi connectivity index (χ1n) is 5.34. The molecule has 0 atom stereocenters. The lowest BCUT2D eigenvalue weighted by atomic mass is 9.85. The molecule has 0 saturated carbocycles. The summed E-state index contributed by atoms with van der Waals surface area (Å²) in [5.41, 5.74) is 0.103. The van der Waals surface area contributed by atoms with Gasteiger partial charge < -0.3 is 4.74 Å². The van der Waals surface area contributed by atoms with Crippen molar-refractivity contribution in [3.8, 4) is 0 Å². The molecule has 0 aliphatic carbocycles. The van der Waals surface area contributed by atoms with E-state index in [1.807, 2.05) is 18.2 Å². The van der Waals surface area contributed by atoms with Crippen molar-refractivity contribution in [3.05, 3.63) is 24.3 Å². The molecule has 0 spiro atoms. The quantitative estimate of drug-likeness (QED) is 0.289. The highest BCUT2D eigenvalue weighted by molar-refractivity contribution is 5.70. The summed E-state index contributed by atoms with van der Waals surface area (Å²) in [7, 11) is 1.38. The highest BCUT2D eigenvalue weighted by Crippen LogP contribution is 2.25. The van der Waals surface area contributed by atoms with Gasteiger partial charge in [0, 0.05) is 0 Å². The van der Waals surface area contributed by atoms with Crippen molar-refractivity contribution < 1.29 is 14.3 Å². The van der Waals surface area contributed by atoms with Crippen molar-refractivity contribution in [2.24, 2.45) is 5.41 Å². The molecular weight excluding hydrogens is 204 g/mol. The Hall–Kier alpha value is -1.38. The van der Waals surface area contributed by atoms with Crippen LogP contribution in [-0.4, -0.2) is 19.4 Å². The number of allylic oxidation sites excluding steroid dienone is 3. The molecule has 0 N–H and O–H groups in total. The third-order valence-corrected chi connectivity index (χ3v) is 2.23. The number of esters is 1. The molecule has 0 unspecified atom stereocenters. The Morgan fingerprint density at radius 3 is 2.38 bits per heavy atom. The standard InChI is InChI=1S/C13H20O3/c1-13(2,10-6-7-11-14)9-5-4-8-12(15)16-3/h4-7,11H,8-10H2,1-3H3/b5-4+,7-6+. The molecular formula is C13H20O3. The molecule has 0 aromatic carbocycles. The lowest BCUT2D eigenvalue weighted by Crippen LogP contribution is -2.08. The van der Waals surface area contributed by atoms with Crippen LogP contribution in [0.1, 0.15) is 33.1 Å². The molecule has 0 radical (unpaired) electrons. The van der Waals surface area contributed by atoms with Crippen molar-refractivity contribution >= 4 is 12.3 Å². The minimum atomic E-state index is -0.227. The van der Waals surface area contributed by atoms with Crippen LogP contribution in [0.3, 0.4) is 0 Å². The van der Waals surface area contributed by atoms with Gasteiger partial charge in [0.05, 0.1) is 13.5 Å². The van der Waals surface area contributed by atoms with Gasteiger partial charge >= 0.3 is 5.97 Å². The second kappa shape index (κ2) is 7.85. The molecule has 16 heavy (non-hydrogen) atoms. The average Bonchev–Trinajstić information content (AvgIpc) is 2.24. The summed E-state index contributed by atoms with van der Waals surface area (Å²) in [5.74, 6) is -0.227. The third-order valence-electron chi connectivity index (χ3n) is 2.23. The monoisotopic (exact) mass is 224 g/mol. The lowest BCUT2D eigenvalue weighted by molar-refractivity contribution is -0.139. The fourth-order valence-corrected chi connectivity index (χ4v) is 1.19. The summed E-state index contributed by atoms with van der Waals surface area (Å²) in [6, 6.07) is 0. The molecule has 0 fully saturated rings. The van der Waals surface area contributed by atoms with Gasteiger partial charge in [0.1, 0.15) is 6.29 Å². The first-order valence-corrected chi connectivity index (χ1v) is 5.34. The molecule has 90 valence electrons. The van der Waals surface area contributed by atoms with Crippen molar-refractivity contribution in [3.63, 3.8) is 0 Å². The Balaban J connectivity index is 3.92. The van der Waals surface area contributed by atoms with Gasteiger partial charge in [-0.05, 0) is 24.3 Å². The highest BCUT2D eigenvalue weighted by Gasteiger charge is 2.13. The number of ether oxygens (including phenoxy) is 1. The first kappa shape index (κ1) is 14.6. The van der Waals surface area contributed by atoms with Crippen LogP contribution in [0, 0.1) is 5.41 Å². The van der Waals surface area contributed by atoms with Crippen LogP contribution in [0.15, 0.2) is 24.3 Å². The number of carbonyl (C=O) groups excluding carboxylic acids is 2. The zero-order chi connectivity index (χ0) is 12.4. The molecule has 0 aromatic rings. The van der Waals surface area contributed by atoms with E-state index in [0.29, 0.717) is 6.42 Å². The Kier molecular flexibility index (Phi) is 7.18. The van der Waals surface area contributed by atoms with Gasteiger partial charge in [0.15, 0.2) is 0 Å². The Labute approximate surface area is 97.2 Å². The van der Waals surface area contributed by atoms with Crippen LogP contribution in [-0.2, 0) is 14.3 Å². The van der Waals surface area contributed by atoms with Crippen molar-refractivity contribution in [2.75, 3.05) is 7.11 Å². The highest BCUT2D eigenvalue weighted by atomic mass is 16.5. The van der Waals surface area contributed by atoms with Gasteiger partial charge in [0.25, 0.3) is 0 Å². The van der Waals surface area contributed by atoms with E-state index < -0.39 is 0 Å². The summed E-state index contributed by atoms with van der Waals surface area (Å²) < 4.78 is 4.52. The van der Waals surface area contributed by atoms with Gasteiger partial charge in [0.2, 0.25) is 0 Å². The van der Waals surface area contributed by atoms with E-state index in [-0.39, 0.29) is 11.4 Å². The molecule has 3 heteroatoms. The molecule has 3 nitrogen and oxygen atoms in total. The van der Waals surface area contributed by atoms with Crippen LogP contribution in [0.25, 0.3) is 0 Å². The molecule has 0 aliphatic heterocycles. The maximum atomic E-state index is 10.8. The number of aldehydes is 1. The molecule has 0 heterocycles. The third kappa shape index (κ3) is 7.97. The van der Waals surface area contributed by atoms with Crippen LogP contribution in [0.5, 0.6) is 0 Å². The summed E-state index contributed by atoms with van der Waals surface area (Å²) in [5, 5.41) is 0. The minimum absolute atomic E-state index is 0.103. The zero-order valence-corrected chi connectivity index (χ0v) is 10.2. The predicted octanol–water partition coefficient (Wildman–Crippen LogP) is 2.67. The molecule has 0 saturated heterocycles. The second-order valence-electron chi connectivity index (χ2n) is 4.39. The maximum absolute atomic E-state index is 10.8. The summed E-state index contributed by atoms with van der Waals surface area (Å²) in [4.78, 5) is 20.9. The fraction of sp³-hybridized carbons (Fsp3) is 0.538. The summed E-state index contributed by atoms with van der Waals surface area (Å²) in [6.07, 6.45) is 9.98. The maximum Gasteiger partial charge on any atom is 0.309 e. The molecule has 0 amide bonds. The lowest BCUT2D eigenvalue weighted by Gasteiger charge is -2.20. The van der Waals surface area contributed by atoms with Crippen molar-refractivity contribution in [2.45, 2.75) is 33.1 Å². The van der Waals surface area contributed by atoms with Crippen molar-refractivity contribution in [1.82, 2.24) is 0 Å².